The van der Waals surface area contributed by atoms with Crippen molar-refractivity contribution >= 4 is 16.6 Å². The lowest BCUT2D eigenvalue weighted by atomic mass is 9.60. The molecule has 2 aliphatic carbocycles. The molecule has 0 amide bonds. The van der Waals surface area contributed by atoms with Gasteiger partial charge in [-0.15, -0.1) is 0 Å². The monoisotopic (exact) mass is 338 g/mol. The number of phenolic OH excluding ortho intramolecular Hbond substituents is 1. The molecular formula is C21H22O4. The van der Waals surface area contributed by atoms with Crippen LogP contribution in [0.5, 0.6) is 5.75 Å². The fourth-order valence-electron chi connectivity index (χ4n) is 5.10. The van der Waals surface area contributed by atoms with Crippen molar-refractivity contribution in [1.29, 1.82) is 0 Å². The zero-order valence-electron chi connectivity index (χ0n) is 14.2. The number of carbonyl (C=O) groups excluding carboxylic acids is 1. The summed E-state index contributed by atoms with van der Waals surface area (Å²) in [4.78, 5) is 12.4. The Morgan fingerprint density at radius 2 is 2.08 bits per heavy atom. The topological polar surface area (TPSA) is 77.8 Å². The summed E-state index contributed by atoms with van der Waals surface area (Å²) in [5, 5.41) is 32.4. The van der Waals surface area contributed by atoms with Crippen molar-refractivity contribution in [2.24, 2.45) is 5.41 Å². The van der Waals surface area contributed by atoms with Crippen LogP contribution < -0.4 is 0 Å². The number of hydrogen-bond acceptors (Lipinski definition) is 4. The molecule has 25 heavy (non-hydrogen) atoms. The first-order valence-corrected chi connectivity index (χ1v) is 8.62. The molecule has 3 N–H and O–H groups in total. The van der Waals surface area contributed by atoms with Gasteiger partial charge in [-0.2, -0.15) is 0 Å². The minimum Gasteiger partial charge on any atom is -0.508 e. The van der Waals surface area contributed by atoms with Crippen LogP contribution in [0.15, 0.2) is 42.5 Å². The summed E-state index contributed by atoms with van der Waals surface area (Å²) in [6.07, 6.45) is 1.92. The van der Waals surface area contributed by atoms with Gasteiger partial charge in [0.1, 0.15) is 12.4 Å². The molecule has 0 radical (unpaired) electrons. The molecule has 1 saturated carbocycles. The van der Waals surface area contributed by atoms with Gasteiger partial charge in [-0.1, -0.05) is 31.7 Å². The minimum atomic E-state index is -1.67. The molecule has 4 heteroatoms. The van der Waals surface area contributed by atoms with E-state index in [1.165, 1.54) is 5.56 Å². The van der Waals surface area contributed by atoms with Crippen molar-refractivity contribution in [3.8, 4) is 5.75 Å². The summed E-state index contributed by atoms with van der Waals surface area (Å²) >= 11 is 0. The molecule has 4 nitrogen and oxygen atoms in total. The smallest absolute Gasteiger partial charge is 0.194 e. The van der Waals surface area contributed by atoms with Gasteiger partial charge in [-0.25, -0.2) is 0 Å². The predicted octanol–water partition coefficient (Wildman–Crippen LogP) is 2.83. The second kappa shape index (κ2) is 5.16. The maximum Gasteiger partial charge on any atom is 0.194 e. The number of aromatic hydroxyl groups is 1. The van der Waals surface area contributed by atoms with Crippen LogP contribution in [0, 0.1) is 5.41 Å². The van der Waals surface area contributed by atoms with E-state index in [0.717, 1.165) is 22.8 Å². The Bertz CT molecular complexity index is 915. The van der Waals surface area contributed by atoms with E-state index in [4.69, 9.17) is 0 Å². The molecule has 0 aromatic heterocycles. The second-order valence-electron chi connectivity index (χ2n) is 7.61. The van der Waals surface area contributed by atoms with Crippen molar-refractivity contribution in [2.45, 2.75) is 37.7 Å². The highest BCUT2D eigenvalue weighted by atomic mass is 16.3. The second-order valence-corrected chi connectivity index (χ2v) is 7.61. The number of benzene rings is 2. The van der Waals surface area contributed by atoms with Gasteiger partial charge in [0.15, 0.2) is 11.4 Å². The van der Waals surface area contributed by atoms with Crippen LogP contribution in [0.4, 0.5) is 0 Å². The molecule has 3 atom stereocenters. The first-order valence-electron chi connectivity index (χ1n) is 8.62. The first kappa shape index (κ1) is 16.3. The van der Waals surface area contributed by atoms with E-state index in [2.05, 4.69) is 6.58 Å². The molecule has 0 bridgehead atoms. The summed E-state index contributed by atoms with van der Waals surface area (Å²) < 4.78 is 0. The predicted molar refractivity (Wildman–Crippen MR) is 95.6 cm³/mol. The quantitative estimate of drug-likeness (QED) is 0.736. The normalized spacial score (nSPS) is 31.0. The number of carbonyl (C=O) groups is 1. The van der Waals surface area contributed by atoms with Crippen LogP contribution in [0.25, 0.3) is 10.8 Å². The number of aliphatic hydroxyl groups excluding tert-OH is 1. The van der Waals surface area contributed by atoms with Crippen LogP contribution in [-0.4, -0.2) is 33.3 Å². The molecule has 0 aliphatic heterocycles. The Labute approximate surface area is 146 Å². The zero-order chi connectivity index (χ0) is 18.0. The first-order chi connectivity index (χ1) is 11.8. The fraction of sp³-hybridized carbons (Fsp3) is 0.381. The van der Waals surface area contributed by atoms with Crippen LogP contribution in [-0.2, 0) is 11.2 Å². The highest BCUT2D eigenvalue weighted by molar-refractivity contribution is 5.94. The average Bonchev–Trinajstić information content (AvgIpc) is 2.81. The molecule has 0 saturated heterocycles. The standard InChI is InChI=1S/C21H22O4/c1-12-9-18-17-5-3-13-10-14(23)4-6-15(13)16(17)7-8-20(18,2)21(12,25)19(24)11-22/h3-6,10,18,22-23,25H,1,7-9,11H2,2H3/t18-,20-,21-/m0/s1. The van der Waals surface area contributed by atoms with Gasteiger partial charge >= 0.3 is 0 Å². The highest BCUT2D eigenvalue weighted by Gasteiger charge is 2.63. The Morgan fingerprint density at radius 3 is 2.80 bits per heavy atom. The van der Waals surface area contributed by atoms with Crippen molar-refractivity contribution in [1.82, 2.24) is 0 Å². The number of aryl methyl sites for hydroxylation is 1. The third-order valence-electron chi connectivity index (χ3n) is 6.53. The van der Waals surface area contributed by atoms with Crippen LogP contribution in [0.3, 0.4) is 0 Å². The number of aliphatic hydroxyl groups is 2. The largest absolute Gasteiger partial charge is 0.508 e. The van der Waals surface area contributed by atoms with Crippen molar-refractivity contribution < 1.29 is 20.1 Å². The Kier molecular flexibility index (Phi) is 3.37. The van der Waals surface area contributed by atoms with E-state index in [0.29, 0.717) is 18.4 Å². The molecule has 4 rings (SSSR count). The van der Waals surface area contributed by atoms with E-state index in [1.807, 2.05) is 25.1 Å². The van der Waals surface area contributed by atoms with Gasteiger partial charge < -0.3 is 15.3 Å². The molecule has 2 aliphatic rings. The van der Waals surface area contributed by atoms with Crippen molar-refractivity contribution in [3.63, 3.8) is 0 Å². The SMILES string of the molecule is C=C1C[C@H]2c3ccc4cc(O)ccc4c3CC[C@]2(C)[C@@]1(O)C(=O)CO. The summed E-state index contributed by atoms with van der Waals surface area (Å²) in [5.74, 6) is -0.329. The lowest BCUT2D eigenvalue weighted by Gasteiger charge is -2.45. The van der Waals surface area contributed by atoms with Gasteiger partial charge in [0.05, 0.1) is 0 Å². The maximum absolute atomic E-state index is 12.4. The molecule has 0 spiro atoms. The lowest BCUT2D eigenvalue weighted by Crippen LogP contribution is -2.53. The zero-order valence-corrected chi connectivity index (χ0v) is 14.2. The highest BCUT2D eigenvalue weighted by Crippen LogP contribution is 2.62. The summed E-state index contributed by atoms with van der Waals surface area (Å²) in [6.45, 7) is 5.24. The Morgan fingerprint density at radius 1 is 1.32 bits per heavy atom. The summed E-state index contributed by atoms with van der Waals surface area (Å²) in [6, 6.07) is 9.40. The molecule has 2 aromatic rings. The summed E-state index contributed by atoms with van der Waals surface area (Å²) in [5.41, 5.74) is 0.510. The Hall–Kier alpha value is -2.17. The number of Topliss-reactive ketones (excluding diaryl/α,β-unsaturated/α-hetero) is 1. The third kappa shape index (κ3) is 1.92. The van der Waals surface area contributed by atoms with Gasteiger partial charge in [-0.05, 0) is 64.8 Å². The van der Waals surface area contributed by atoms with Crippen molar-refractivity contribution in [2.75, 3.05) is 6.61 Å². The molecule has 0 heterocycles. The Balaban J connectivity index is 1.90. The van der Waals surface area contributed by atoms with Gasteiger partial charge in [-0.3, -0.25) is 4.79 Å². The van der Waals surface area contributed by atoms with Gasteiger partial charge in [0, 0.05) is 5.41 Å². The van der Waals surface area contributed by atoms with Crippen molar-refractivity contribution in [3.05, 3.63) is 53.6 Å². The molecule has 2 aromatic carbocycles. The molecular weight excluding hydrogens is 316 g/mol. The minimum absolute atomic E-state index is 0.0116. The number of phenols is 1. The maximum atomic E-state index is 12.4. The molecule has 0 unspecified atom stereocenters. The van der Waals surface area contributed by atoms with Crippen LogP contribution in [0.1, 0.15) is 36.8 Å². The van der Waals surface area contributed by atoms with E-state index in [1.54, 1.807) is 12.1 Å². The van der Waals surface area contributed by atoms with Gasteiger partial charge in [0.25, 0.3) is 0 Å². The number of hydrogen-bond donors (Lipinski definition) is 3. The fourth-order valence-corrected chi connectivity index (χ4v) is 5.10. The van der Waals surface area contributed by atoms with E-state index >= 15 is 0 Å². The average molecular weight is 338 g/mol. The van der Waals surface area contributed by atoms with Crippen LogP contribution in [0.2, 0.25) is 0 Å². The molecule has 1 fully saturated rings. The number of ketones is 1. The van der Waals surface area contributed by atoms with Gasteiger partial charge in [0.2, 0.25) is 0 Å². The summed E-state index contributed by atoms with van der Waals surface area (Å²) in [7, 11) is 0. The third-order valence-corrected chi connectivity index (χ3v) is 6.53. The van der Waals surface area contributed by atoms with E-state index in [-0.39, 0.29) is 11.7 Å². The van der Waals surface area contributed by atoms with Crippen LogP contribution >= 0.6 is 0 Å². The number of rotatable bonds is 2. The van der Waals surface area contributed by atoms with E-state index < -0.39 is 23.4 Å². The van der Waals surface area contributed by atoms with E-state index in [9.17, 15) is 20.1 Å². The molecule has 130 valence electrons. The lowest BCUT2D eigenvalue weighted by molar-refractivity contribution is -0.147. The number of fused-ring (bicyclic) bond motifs is 5.